The molecular formula is C24H26N4O4S2. The van der Waals surface area contributed by atoms with Crippen LogP contribution in [0.4, 0.5) is 0 Å². The number of fused-ring (bicyclic) bond motifs is 1. The lowest BCUT2D eigenvalue weighted by atomic mass is 10.1. The first-order valence-electron chi connectivity index (χ1n) is 10.5. The van der Waals surface area contributed by atoms with Crippen molar-refractivity contribution < 1.29 is 13.2 Å². The van der Waals surface area contributed by atoms with Crippen molar-refractivity contribution in [2.45, 2.75) is 23.0 Å². The van der Waals surface area contributed by atoms with Gasteiger partial charge in [0.1, 0.15) is 0 Å². The van der Waals surface area contributed by atoms with Gasteiger partial charge in [0.2, 0.25) is 15.9 Å². The molecule has 0 radical (unpaired) electrons. The lowest BCUT2D eigenvalue weighted by Crippen LogP contribution is -2.33. The second-order valence-corrected chi connectivity index (χ2v) is 9.98. The minimum atomic E-state index is -3.77. The van der Waals surface area contributed by atoms with Crippen LogP contribution < -0.4 is 10.7 Å². The lowest BCUT2D eigenvalue weighted by molar-refractivity contribution is -0.127. The second-order valence-electron chi connectivity index (χ2n) is 7.47. The Morgan fingerprint density at radius 3 is 2.35 bits per heavy atom. The number of benzene rings is 2. The summed E-state index contributed by atoms with van der Waals surface area (Å²) in [5.41, 5.74) is 1.20. The van der Waals surface area contributed by atoms with Crippen molar-refractivity contribution >= 4 is 38.6 Å². The number of nitrogens with zero attached hydrogens (tertiary/aromatic N) is 3. The van der Waals surface area contributed by atoms with Gasteiger partial charge in [-0.25, -0.2) is 18.5 Å². The van der Waals surface area contributed by atoms with Crippen LogP contribution in [0.25, 0.3) is 10.9 Å². The normalized spacial score (nSPS) is 11.3. The van der Waals surface area contributed by atoms with Crippen LogP contribution in [0.1, 0.15) is 5.56 Å². The highest BCUT2D eigenvalue weighted by molar-refractivity contribution is 7.99. The highest BCUT2D eigenvalue weighted by Gasteiger charge is 2.16. The standard InChI is InChI=1S/C24H26N4O4S2/c1-3-14-27(15-4-2)22(29)17-33-24-26-21-8-6-5-7-20(21)23(30)28(24)16-13-18-9-11-19(12-10-18)34(25,31)32/h3-12H,1-2,13-17H2,(H2,25,31,32). The number of thioether (sulfide) groups is 1. The Hall–Kier alpha value is -3.21. The summed E-state index contributed by atoms with van der Waals surface area (Å²) in [5, 5.41) is 6.08. The van der Waals surface area contributed by atoms with Gasteiger partial charge in [0.15, 0.2) is 5.16 Å². The summed E-state index contributed by atoms with van der Waals surface area (Å²) in [7, 11) is -3.77. The molecule has 1 heterocycles. The Morgan fingerprint density at radius 2 is 1.74 bits per heavy atom. The Morgan fingerprint density at radius 1 is 1.09 bits per heavy atom. The van der Waals surface area contributed by atoms with E-state index in [4.69, 9.17) is 5.14 Å². The third-order valence-corrected chi connectivity index (χ3v) is 6.97. The molecule has 10 heteroatoms. The average molecular weight is 499 g/mol. The molecule has 0 unspecified atom stereocenters. The molecule has 3 rings (SSSR count). The summed E-state index contributed by atoms with van der Waals surface area (Å²) < 4.78 is 24.5. The first kappa shape index (κ1) is 25.4. The van der Waals surface area contributed by atoms with Crippen LogP contribution >= 0.6 is 11.8 Å². The Bertz CT molecular complexity index is 1360. The monoisotopic (exact) mass is 498 g/mol. The van der Waals surface area contributed by atoms with Crippen LogP contribution in [-0.4, -0.2) is 47.6 Å². The highest BCUT2D eigenvalue weighted by Crippen LogP contribution is 2.19. The van der Waals surface area contributed by atoms with Crippen molar-refractivity contribution in [2.75, 3.05) is 18.8 Å². The van der Waals surface area contributed by atoms with E-state index in [0.717, 1.165) is 5.56 Å². The van der Waals surface area contributed by atoms with E-state index in [0.29, 0.717) is 42.1 Å². The summed E-state index contributed by atoms with van der Waals surface area (Å²) in [6.45, 7) is 8.48. The van der Waals surface area contributed by atoms with Crippen LogP contribution in [0.5, 0.6) is 0 Å². The van der Waals surface area contributed by atoms with E-state index < -0.39 is 10.0 Å². The molecule has 1 aromatic heterocycles. The first-order valence-corrected chi connectivity index (χ1v) is 13.0. The molecule has 2 aromatic carbocycles. The van der Waals surface area contributed by atoms with Gasteiger partial charge in [-0.1, -0.05) is 48.2 Å². The second kappa shape index (κ2) is 11.3. The molecule has 178 valence electrons. The van der Waals surface area contributed by atoms with Gasteiger partial charge in [0.05, 0.1) is 21.6 Å². The minimum absolute atomic E-state index is 0.0270. The van der Waals surface area contributed by atoms with Gasteiger partial charge >= 0.3 is 0 Å². The SMILES string of the molecule is C=CCN(CC=C)C(=O)CSc1nc2ccccc2c(=O)n1CCc1ccc(S(N)(=O)=O)cc1. The third-order valence-electron chi connectivity index (χ3n) is 5.08. The summed E-state index contributed by atoms with van der Waals surface area (Å²) >= 11 is 1.20. The molecule has 0 fully saturated rings. The van der Waals surface area contributed by atoms with Gasteiger partial charge in [-0.15, -0.1) is 13.2 Å². The smallest absolute Gasteiger partial charge is 0.262 e. The van der Waals surface area contributed by atoms with Crippen LogP contribution in [0, 0.1) is 0 Å². The number of para-hydroxylation sites is 1. The van der Waals surface area contributed by atoms with Gasteiger partial charge < -0.3 is 4.90 Å². The fourth-order valence-corrected chi connectivity index (χ4v) is 4.79. The molecule has 0 bridgehead atoms. The van der Waals surface area contributed by atoms with Crippen molar-refractivity contribution in [3.63, 3.8) is 0 Å². The molecule has 0 aliphatic carbocycles. The molecule has 0 saturated carbocycles. The number of amides is 1. The van der Waals surface area contributed by atoms with Crippen LogP contribution in [0.2, 0.25) is 0 Å². The molecule has 0 spiro atoms. The Labute approximate surface area is 202 Å². The zero-order valence-electron chi connectivity index (χ0n) is 18.6. The first-order chi connectivity index (χ1) is 16.2. The molecule has 0 atom stereocenters. The van der Waals surface area contributed by atoms with Gasteiger partial charge in [0, 0.05) is 19.6 Å². The predicted octanol–water partition coefficient (Wildman–Crippen LogP) is 2.58. The number of carbonyl (C=O) groups excluding carboxylic acids is 1. The van der Waals surface area contributed by atoms with E-state index in [1.165, 1.54) is 23.9 Å². The highest BCUT2D eigenvalue weighted by atomic mass is 32.2. The van der Waals surface area contributed by atoms with E-state index in [2.05, 4.69) is 18.1 Å². The van der Waals surface area contributed by atoms with Crippen LogP contribution in [0.15, 0.2) is 88.7 Å². The number of hydrogen-bond donors (Lipinski definition) is 1. The minimum Gasteiger partial charge on any atom is -0.335 e. The summed E-state index contributed by atoms with van der Waals surface area (Å²) in [6, 6.07) is 13.3. The zero-order valence-corrected chi connectivity index (χ0v) is 20.2. The van der Waals surface area contributed by atoms with E-state index in [9.17, 15) is 18.0 Å². The molecular weight excluding hydrogens is 472 g/mol. The summed E-state index contributed by atoms with van der Waals surface area (Å²) in [4.78, 5) is 32.2. The molecule has 8 nitrogen and oxygen atoms in total. The summed E-state index contributed by atoms with van der Waals surface area (Å²) in [6.07, 6.45) is 3.76. The van der Waals surface area contributed by atoms with Crippen molar-refractivity contribution in [1.29, 1.82) is 0 Å². The van der Waals surface area contributed by atoms with Gasteiger partial charge in [-0.3, -0.25) is 14.2 Å². The van der Waals surface area contributed by atoms with Crippen LogP contribution in [-0.2, 0) is 27.8 Å². The topological polar surface area (TPSA) is 115 Å². The van der Waals surface area contributed by atoms with Crippen molar-refractivity contribution in [3.8, 4) is 0 Å². The fourth-order valence-electron chi connectivity index (χ4n) is 3.35. The van der Waals surface area contributed by atoms with Crippen molar-refractivity contribution in [1.82, 2.24) is 14.5 Å². The van der Waals surface area contributed by atoms with E-state index >= 15 is 0 Å². The molecule has 0 aliphatic rings. The fraction of sp³-hybridized carbons (Fsp3) is 0.208. The predicted molar refractivity (Wildman–Crippen MR) is 135 cm³/mol. The van der Waals surface area contributed by atoms with Gasteiger partial charge in [-0.05, 0) is 36.2 Å². The number of hydrogen-bond acceptors (Lipinski definition) is 6. The van der Waals surface area contributed by atoms with Crippen molar-refractivity contribution in [3.05, 3.63) is 89.8 Å². The van der Waals surface area contributed by atoms with Gasteiger partial charge in [0.25, 0.3) is 5.56 Å². The third kappa shape index (κ3) is 6.22. The molecule has 0 saturated heterocycles. The number of primary sulfonamides is 1. The maximum Gasteiger partial charge on any atom is 0.262 e. The number of rotatable bonds is 11. The van der Waals surface area contributed by atoms with E-state index in [1.54, 1.807) is 52.0 Å². The number of nitrogens with two attached hydrogens (primary N) is 1. The molecule has 2 N–H and O–H groups in total. The number of sulfonamides is 1. The molecule has 0 aliphatic heterocycles. The van der Waals surface area contributed by atoms with E-state index in [-0.39, 0.29) is 22.1 Å². The number of aromatic nitrogens is 2. The zero-order chi connectivity index (χ0) is 24.7. The van der Waals surface area contributed by atoms with Crippen molar-refractivity contribution in [2.24, 2.45) is 5.14 Å². The Kier molecular flexibility index (Phi) is 8.43. The number of aryl methyl sites for hydroxylation is 1. The quantitative estimate of drug-likeness (QED) is 0.247. The average Bonchev–Trinajstić information content (AvgIpc) is 2.81. The van der Waals surface area contributed by atoms with Gasteiger partial charge in [-0.2, -0.15) is 0 Å². The molecule has 3 aromatic rings. The maximum absolute atomic E-state index is 13.2. The molecule has 1 amide bonds. The Balaban J connectivity index is 1.87. The maximum atomic E-state index is 13.2. The van der Waals surface area contributed by atoms with Crippen LogP contribution in [0.3, 0.4) is 0 Å². The summed E-state index contributed by atoms with van der Waals surface area (Å²) in [5.74, 6) is -0.00691. The number of carbonyl (C=O) groups is 1. The molecule has 34 heavy (non-hydrogen) atoms. The van der Waals surface area contributed by atoms with E-state index in [1.807, 2.05) is 6.07 Å². The lowest BCUT2D eigenvalue weighted by Gasteiger charge is -2.19. The largest absolute Gasteiger partial charge is 0.335 e.